The molecular weight excluding hydrogens is 819 g/mol. The van der Waals surface area contributed by atoms with Gasteiger partial charge in [-0.05, 0) is 107 Å². The van der Waals surface area contributed by atoms with Crippen LogP contribution in [0, 0.1) is 0 Å². The van der Waals surface area contributed by atoms with Gasteiger partial charge in [-0.15, -0.1) is 24.5 Å². The molecule has 318 valence electrons. The van der Waals surface area contributed by atoms with E-state index in [1.54, 1.807) is 52.5 Å². The molecule has 7 aromatic rings. The first kappa shape index (κ1) is 43.4. The Kier molecular flexibility index (Phi) is 13.5. The van der Waals surface area contributed by atoms with Crippen molar-refractivity contribution >= 4 is 56.2 Å². The van der Waals surface area contributed by atoms with Crippen LogP contribution in [-0.2, 0) is 24.8 Å². The lowest BCUT2D eigenvalue weighted by molar-refractivity contribution is -0.274. The third-order valence-electron chi connectivity index (χ3n) is 10.8. The zero-order valence-corrected chi connectivity index (χ0v) is 36.2. The number of rotatable bonds is 11. The molecule has 0 unspecified atom stereocenters. The van der Waals surface area contributed by atoms with Crippen LogP contribution in [0.3, 0.4) is 0 Å². The summed E-state index contributed by atoms with van der Waals surface area (Å²) in [4.78, 5) is 29.5. The molecule has 14 heteroatoms. The number of ether oxygens (including phenoxy) is 1. The van der Waals surface area contributed by atoms with Crippen LogP contribution in [0.4, 0.5) is 24.7 Å². The minimum atomic E-state index is -4.68. The third kappa shape index (κ3) is 11.2. The van der Waals surface area contributed by atoms with Crippen molar-refractivity contribution in [2.24, 2.45) is 0 Å². The number of carbonyl (C=O) groups excluding carboxylic acids is 1. The Balaban J connectivity index is 0.000000215. The fourth-order valence-electron chi connectivity index (χ4n) is 7.49. The maximum atomic E-state index is 13.0. The maximum absolute atomic E-state index is 13.0. The quantitative estimate of drug-likeness (QED) is 0.134. The highest BCUT2D eigenvalue weighted by Crippen LogP contribution is 2.33. The molecule has 0 saturated carbocycles. The molecule has 5 heterocycles. The number of thiophene rings is 1. The molecule has 0 radical (unpaired) electrons. The summed E-state index contributed by atoms with van der Waals surface area (Å²) in [7, 11) is 0. The van der Waals surface area contributed by atoms with Gasteiger partial charge in [-0.2, -0.15) is 0 Å². The molecule has 1 aliphatic heterocycles. The van der Waals surface area contributed by atoms with Gasteiger partial charge in [0.05, 0.1) is 16.1 Å². The number of nitrogens with one attached hydrogen (secondary N) is 2. The molecule has 9 nitrogen and oxygen atoms in total. The number of anilines is 2. The first-order valence-corrected chi connectivity index (χ1v) is 21.7. The number of aromatic nitrogens is 4. The van der Waals surface area contributed by atoms with Gasteiger partial charge in [0.2, 0.25) is 0 Å². The summed E-state index contributed by atoms with van der Waals surface area (Å²) >= 11 is 7.78. The van der Waals surface area contributed by atoms with Gasteiger partial charge in [0.25, 0.3) is 5.91 Å². The number of amides is 1. The molecule has 0 atom stereocenters. The van der Waals surface area contributed by atoms with Gasteiger partial charge in [-0.1, -0.05) is 87.8 Å². The van der Waals surface area contributed by atoms with Crippen molar-refractivity contribution in [1.29, 1.82) is 0 Å². The zero-order chi connectivity index (χ0) is 43.1. The zero-order valence-electron chi connectivity index (χ0n) is 34.6. The molecule has 0 spiro atoms. The molecule has 3 aromatic carbocycles. The van der Waals surface area contributed by atoms with Crippen LogP contribution in [0.1, 0.15) is 84.9 Å². The number of piperidine rings is 1. The molecule has 2 N–H and O–H groups in total. The Hall–Kier alpha value is -5.66. The van der Waals surface area contributed by atoms with Crippen LogP contribution in [0.25, 0.3) is 15.9 Å². The number of nitrogens with zero attached hydrogens (tertiary/aromatic N) is 5. The van der Waals surface area contributed by atoms with Gasteiger partial charge in [0, 0.05) is 38.1 Å². The van der Waals surface area contributed by atoms with E-state index >= 15 is 0 Å². The van der Waals surface area contributed by atoms with Gasteiger partial charge >= 0.3 is 6.36 Å². The van der Waals surface area contributed by atoms with Crippen molar-refractivity contribution in [2.75, 3.05) is 29.9 Å². The summed E-state index contributed by atoms with van der Waals surface area (Å²) in [6.07, 6.45) is 2.06. The number of imidazole rings is 1. The number of halogens is 4. The number of carbonyl (C=O) groups is 1. The molecule has 1 fully saturated rings. The molecule has 0 bridgehead atoms. The maximum Gasteiger partial charge on any atom is 0.573 e. The smallest absolute Gasteiger partial charge is 0.406 e. The Morgan fingerprint density at radius 3 is 2.28 bits per heavy atom. The van der Waals surface area contributed by atoms with Gasteiger partial charge in [0.1, 0.15) is 34.1 Å². The summed E-state index contributed by atoms with van der Waals surface area (Å²) in [5.74, 6) is 0.815. The van der Waals surface area contributed by atoms with Crippen LogP contribution in [0.2, 0.25) is 5.02 Å². The van der Waals surface area contributed by atoms with Gasteiger partial charge < -0.3 is 20.3 Å². The van der Waals surface area contributed by atoms with E-state index in [0.29, 0.717) is 29.3 Å². The number of fused-ring (bicyclic) bond motifs is 2. The van der Waals surface area contributed by atoms with E-state index in [-0.39, 0.29) is 23.0 Å². The summed E-state index contributed by atoms with van der Waals surface area (Å²) in [5, 5.41) is 10.1. The predicted octanol–water partition coefficient (Wildman–Crippen LogP) is 11.4. The Morgan fingerprint density at radius 2 is 1.61 bits per heavy atom. The lowest BCUT2D eigenvalue weighted by atomic mass is 9.86. The predicted molar refractivity (Wildman–Crippen MR) is 239 cm³/mol. The Labute approximate surface area is 363 Å². The summed E-state index contributed by atoms with van der Waals surface area (Å²) in [6.45, 7) is 11.6. The standard InChI is InChI=1S/C29H28ClF3N4O2.C18H21N3S/c1-2-25-27(37-18-22(30)7-12-26(37)35-25)28(38)34-17-19-3-8-23(9-4-19)36-15-13-21(14-16-36)20-5-10-24(11-6-20)39-29(31,32)33;1-18(2,3)14-6-4-13(5-7-14)8-10-19-16-15-9-11-22-17(15)21-12-20-16/h3-12,18,21H,2,13-17H2,1H3,(H,34,38);4-7,9,11-12H,8,10H2,1-3H3,(H,19,20,21). The number of hydrogen-bond acceptors (Lipinski definition) is 8. The summed E-state index contributed by atoms with van der Waals surface area (Å²) < 4.78 is 42.9. The monoisotopic (exact) mass is 867 g/mol. The van der Waals surface area contributed by atoms with Crippen molar-refractivity contribution < 1.29 is 22.7 Å². The first-order valence-electron chi connectivity index (χ1n) is 20.4. The van der Waals surface area contributed by atoms with E-state index < -0.39 is 6.36 Å². The van der Waals surface area contributed by atoms with Crippen LogP contribution in [0.5, 0.6) is 5.75 Å². The van der Waals surface area contributed by atoms with Crippen LogP contribution >= 0.6 is 22.9 Å². The fraction of sp³-hybridized carbons (Fsp3) is 0.319. The van der Waals surface area contributed by atoms with Crippen LogP contribution in [-0.4, -0.2) is 51.3 Å². The van der Waals surface area contributed by atoms with Gasteiger partial charge in [-0.3, -0.25) is 9.20 Å². The van der Waals surface area contributed by atoms with Crippen molar-refractivity contribution in [2.45, 2.75) is 77.6 Å². The number of hydrogen-bond donors (Lipinski definition) is 2. The SMILES string of the molecule is CC(C)(C)c1ccc(CCNc2ncnc3sccc23)cc1.CCc1nc2ccc(Cl)cn2c1C(=O)NCc1ccc(N2CCC(c3ccc(OC(F)(F)F)cc3)CC2)cc1. The van der Waals surface area contributed by atoms with Crippen molar-refractivity contribution in [3.8, 4) is 5.75 Å². The molecule has 61 heavy (non-hydrogen) atoms. The number of aryl methyl sites for hydroxylation is 1. The highest BCUT2D eigenvalue weighted by molar-refractivity contribution is 7.16. The van der Waals surface area contributed by atoms with E-state index in [0.717, 1.165) is 77.4 Å². The first-order chi connectivity index (χ1) is 29.2. The molecule has 1 saturated heterocycles. The average molecular weight is 868 g/mol. The summed E-state index contributed by atoms with van der Waals surface area (Å²) in [6, 6.07) is 28.8. The van der Waals surface area contributed by atoms with Crippen LogP contribution in [0.15, 0.2) is 109 Å². The number of pyridine rings is 1. The molecule has 8 rings (SSSR count). The molecular formula is C47H49ClF3N7O2S. The van der Waals surface area contributed by atoms with Crippen molar-refractivity contribution in [3.05, 3.63) is 148 Å². The fourth-order valence-corrected chi connectivity index (χ4v) is 8.38. The highest BCUT2D eigenvalue weighted by Gasteiger charge is 2.31. The normalized spacial score (nSPS) is 13.5. The van der Waals surface area contributed by atoms with E-state index in [1.165, 1.54) is 23.3 Å². The minimum absolute atomic E-state index is 0.200. The molecule has 1 aliphatic rings. The van der Waals surface area contributed by atoms with E-state index in [2.05, 4.69) is 104 Å². The second-order valence-electron chi connectivity index (χ2n) is 16.0. The lowest BCUT2D eigenvalue weighted by Gasteiger charge is -2.34. The van der Waals surface area contributed by atoms with Crippen LogP contribution < -0.4 is 20.3 Å². The summed E-state index contributed by atoms with van der Waals surface area (Å²) in [5.41, 5.74) is 7.93. The molecule has 4 aromatic heterocycles. The molecule has 1 amide bonds. The Bertz CT molecular complexity index is 2540. The van der Waals surface area contributed by atoms with E-state index in [4.69, 9.17) is 11.6 Å². The minimum Gasteiger partial charge on any atom is -0.406 e. The second-order valence-corrected chi connectivity index (χ2v) is 17.4. The number of alkyl halides is 3. The second kappa shape index (κ2) is 18.9. The highest BCUT2D eigenvalue weighted by atomic mass is 35.5. The lowest BCUT2D eigenvalue weighted by Crippen LogP contribution is -2.32. The third-order valence-corrected chi connectivity index (χ3v) is 11.9. The van der Waals surface area contributed by atoms with Crippen molar-refractivity contribution in [3.63, 3.8) is 0 Å². The van der Waals surface area contributed by atoms with Gasteiger partial charge in [0.15, 0.2) is 0 Å². The van der Waals surface area contributed by atoms with Crippen molar-refractivity contribution in [1.82, 2.24) is 24.7 Å². The average Bonchev–Trinajstić information content (AvgIpc) is 3.88. The Morgan fingerprint density at radius 1 is 0.902 bits per heavy atom. The largest absolute Gasteiger partial charge is 0.573 e. The van der Waals surface area contributed by atoms with E-state index in [1.807, 2.05) is 19.1 Å². The topological polar surface area (TPSA) is 96.7 Å². The van der Waals surface area contributed by atoms with E-state index in [9.17, 15) is 18.0 Å². The molecule has 0 aliphatic carbocycles. The number of benzene rings is 3. The van der Waals surface area contributed by atoms with Gasteiger partial charge in [-0.25, -0.2) is 15.0 Å².